The molecule has 0 heterocycles. The summed E-state index contributed by atoms with van der Waals surface area (Å²) in [7, 11) is 0. The van der Waals surface area contributed by atoms with Crippen LogP contribution in [0.25, 0.3) is 0 Å². The maximum Gasteiger partial charge on any atom is 0.104 e. The van der Waals surface area contributed by atoms with Gasteiger partial charge >= 0.3 is 0 Å². The number of ether oxygens (including phenoxy) is 2. The molecule has 3 nitrogen and oxygen atoms in total. The van der Waals surface area contributed by atoms with E-state index in [0.717, 1.165) is 13.0 Å². The smallest absolute Gasteiger partial charge is 0.104 e. The van der Waals surface area contributed by atoms with Gasteiger partial charge in [0.15, 0.2) is 0 Å². The van der Waals surface area contributed by atoms with Gasteiger partial charge < -0.3 is 14.6 Å². The van der Waals surface area contributed by atoms with Gasteiger partial charge in [0.2, 0.25) is 0 Å². The maximum atomic E-state index is 8.89. The molecule has 3 heteroatoms. The number of hydrogen-bond donors (Lipinski definition) is 1. The van der Waals surface area contributed by atoms with Gasteiger partial charge in [0, 0.05) is 13.2 Å². The molecule has 0 rings (SSSR count). The Balaban J connectivity index is 3.15. The molecule has 0 bridgehead atoms. The molecule has 1 N–H and O–H groups in total. The van der Waals surface area contributed by atoms with Crippen molar-refractivity contribution < 1.29 is 14.6 Å². The minimum atomic E-state index is -0.147. The number of rotatable bonds is 10. The fourth-order valence-corrected chi connectivity index (χ4v) is 1.23. The summed E-state index contributed by atoms with van der Waals surface area (Å²) in [6.07, 6.45) is 4.72. The third-order valence-corrected chi connectivity index (χ3v) is 2.05. The molecule has 86 valence electrons. The zero-order chi connectivity index (χ0) is 10.6. The Morgan fingerprint density at radius 3 is 2.50 bits per heavy atom. The average molecular weight is 204 g/mol. The lowest BCUT2D eigenvalue weighted by Crippen LogP contribution is -2.24. The molecule has 0 saturated heterocycles. The first-order valence-electron chi connectivity index (χ1n) is 5.65. The van der Waals surface area contributed by atoms with Gasteiger partial charge in [-0.1, -0.05) is 26.2 Å². The predicted octanol–water partition coefficient (Wildman–Crippen LogP) is 1.98. The molecule has 1 atom stereocenters. The van der Waals surface area contributed by atoms with Crippen LogP contribution in [0.3, 0.4) is 0 Å². The first-order chi connectivity index (χ1) is 6.85. The second kappa shape index (κ2) is 11.0. The van der Waals surface area contributed by atoms with E-state index in [-0.39, 0.29) is 12.7 Å². The molecule has 0 aromatic rings. The number of unbranched alkanes of at least 4 members (excludes halogenated alkanes) is 3. The minimum absolute atomic E-state index is 0.0444. The van der Waals surface area contributed by atoms with E-state index in [1.807, 2.05) is 6.92 Å². The van der Waals surface area contributed by atoms with Gasteiger partial charge in [-0.25, -0.2) is 0 Å². The van der Waals surface area contributed by atoms with E-state index in [4.69, 9.17) is 14.6 Å². The Morgan fingerprint density at radius 1 is 1.14 bits per heavy atom. The van der Waals surface area contributed by atoms with Crippen molar-refractivity contribution in [2.75, 3.05) is 26.4 Å². The first kappa shape index (κ1) is 13.9. The average Bonchev–Trinajstić information content (AvgIpc) is 2.21. The molecule has 0 spiro atoms. The molecule has 0 aliphatic rings. The standard InChI is InChI=1S/C11H24O3/c1-3-5-6-7-8-13-10-11(9-12)14-4-2/h11-12H,3-10H2,1-2H3. The van der Waals surface area contributed by atoms with Crippen molar-refractivity contribution >= 4 is 0 Å². The van der Waals surface area contributed by atoms with Crippen LogP contribution in [0.1, 0.15) is 39.5 Å². The third kappa shape index (κ3) is 8.48. The van der Waals surface area contributed by atoms with E-state index >= 15 is 0 Å². The van der Waals surface area contributed by atoms with E-state index in [2.05, 4.69) is 6.92 Å². The lowest BCUT2D eigenvalue weighted by Gasteiger charge is -2.14. The highest BCUT2D eigenvalue weighted by molar-refractivity contribution is 4.53. The molecule has 0 amide bonds. The van der Waals surface area contributed by atoms with Crippen molar-refractivity contribution in [2.45, 2.75) is 45.6 Å². The third-order valence-electron chi connectivity index (χ3n) is 2.05. The zero-order valence-corrected chi connectivity index (χ0v) is 9.50. The highest BCUT2D eigenvalue weighted by atomic mass is 16.5. The summed E-state index contributed by atoms with van der Waals surface area (Å²) >= 11 is 0. The molecule has 0 aromatic heterocycles. The fraction of sp³-hybridized carbons (Fsp3) is 1.00. The van der Waals surface area contributed by atoms with Gasteiger partial charge in [0.05, 0.1) is 13.2 Å². The molecule has 0 aliphatic heterocycles. The van der Waals surface area contributed by atoms with Gasteiger partial charge in [0.25, 0.3) is 0 Å². The highest BCUT2D eigenvalue weighted by Crippen LogP contribution is 2.00. The number of hydrogen-bond acceptors (Lipinski definition) is 3. The summed E-state index contributed by atoms with van der Waals surface area (Å²) in [4.78, 5) is 0. The molecule has 1 unspecified atom stereocenters. The Labute approximate surface area is 87.4 Å². The second-order valence-electron chi connectivity index (χ2n) is 3.40. The van der Waals surface area contributed by atoms with Crippen molar-refractivity contribution in [2.24, 2.45) is 0 Å². The lowest BCUT2D eigenvalue weighted by atomic mass is 10.2. The van der Waals surface area contributed by atoms with Crippen LogP contribution < -0.4 is 0 Å². The quantitative estimate of drug-likeness (QED) is 0.553. The number of aliphatic hydroxyl groups is 1. The van der Waals surface area contributed by atoms with Gasteiger partial charge in [-0.2, -0.15) is 0 Å². The summed E-state index contributed by atoms with van der Waals surface area (Å²) in [5, 5.41) is 8.89. The summed E-state index contributed by atoms with van der Waals surface area (Å²) in [6.45, 7) is 6.08. The molecule has 14 heavy (non-hydrogen) atoms. The molecular formula is C11H24O3. The fourth-order valence-electron chi connectivity index (χ4n) is 1.23. The summed E-state index contributed by atoms with van der Waals surface area (Å²) < 4.78 is 10.6. The van der Waals surface area contributed by atoms with E-state index in [1.165, 1.54) is 19.3 Å². The zero-order valence-electron chi connectivity index (χ0n) is 9.50. The molecular weight excluding hydrogens is 180 g/mol. The SMILES string of the molecule is CCCCCCOCC(CO)OCC. The normalized spacial score (nSPS) is 13.1. The minimum Gasteiger partial charge on any atom is -0.394 e. The van der Waals surface area contributed by atoms with Crippen LogP contribution in [0, 0.1) is 0 Å². The lowest BCUT2D eigenvalue weighted by molar-refractivity contribution is -0.0384. The molecule has 0 radical (unpaired) electrons. The summed E-state index contributed by atoms with van der Waals surface area (Å²) in [5.41, 5.74) is 0. The monoisotopic (exact) mass is 204 g/mol. The molecule has 0 saturated carbocycles. The van der Waals surface area contributed by atoms with Crippen LogP contribution in [0.15, 0.2) is 0 Å². The topological polar surface area (TPSA) is 38.7 Å². The van der Waals surface area contributed by atoms with Crippen molar-refractivity contribution in [1.82, 2.24) is 0 Å². The Hall–Kier alpha value is -0.120. The molecule has 0 aliphatic carbocycles. The number of aliphatic hydroxyl groups excluding tert-OH is 1. The Kier molecular flexibility index (Phi) is 10.9. The van der Waals surface area contributed by atoms with Crippen LogP contribution in [-0.2, 0) is 9.47 Å². The first-order valence-corrected chi connectivity index (χ1v) is 5.65. The van der Waals surface area contributed by atoms with Crippen LogP contribution >= 0.6 is 0 Å². The van der Waals surface area contributed by atoms with Crippen molar-refractivity contribution in [3.05, 3.63) is 0 Å². The maximum absolute atomic E-state index is 8.89. The van der Waals surface area contributed by atoms with Crippen LogP contribution in [0.4, 0.5) is 0 Å². The van der Waals surface area contributed by atoms with Crippen LogP contribution in [0.5, 0.6) is 0 Å². The molecule has 0 fully saturated rings. The van der Waals surface area contributed by atoms with Crippen molar-refractivity contribution in [3.8, 4) is 0 Å². The highest BCUT2D eigenvalue weighted by Gasteiger charge is 2.05. The predicted molar refractivity (Wildman–Crippen MR) is 57.5 cm³/mol. The van der Waals surface area contributed by atoms with Crippen LogP contribution in [-0.4, -0.2) is 37.6 Å². The summed E-state index contributed by atoms with van der Waals surface area (Å²) in [5.74, 6) is 0. The van der Waals surface area contributed by atoms with Gasteiger partial charge in [-0.3, -0.25) is 0 Å². The van der Waals surface area contributed by atoms with E-state index in [1.54, 1.807) is 0 Å². The van der Waals surface area contributed by atoms with E-state index in [0.29, 0.717) is 13.2 Å². The van der Waals surface area contributed by atoms with Crippen molar-refractivity contribution in [1.29, 1.82) is 0 Å². The Morgan fingerprint density at radius 2 is 1.93 bits per heavy atom. The van der Waals surface area contributed by atoms with E-state index in [9.17, 15) is 0 Å². The second-order valence-corrected chi connectivity index (χ2v) is 3.40. The van der Waals surface area contributed by atoms with Gasteiger partial charge in [-0.05, 0) is 13.3 Å². The largest absolute Gasteiger partial charge is 0.394 e. The van der Waals surface area contributed by atoms with Crippen molar-refractivity contribution in [3.63, 3.8) is 0 Å². The summed E-state index contributed by atoms with van der Waals surface area (Å²) in [6, 6.07) is 0. The van der Waals surface area contributed by atoms with Gasteiger partial charge in [0.1, 0.15) is 6.10 Å². The van der Waals surface area contributed by atoms with Crippen LogP contribution in [0.2, 0.25) is 0 Å². The van der Waals surface area contributed by atoms with E-state index < -0.39 is 0 Å². The molecule has 0 aromatic carbocycles. The van der Waals surface area contributed by atoms with Gasteiger partial charge in [-0.15, -0.1) is 0 Å². The Bertz CT molecular complexity index is 107.